The molecule has 0 saturated carbocycles. The number of aromatic amines is 1. The van der Waals surface area contributed by atoms with Gasteiger partial charge in [-0.3, -0.25) is 10.1 Å². The third kappa shape index (κ3) is 3.18. The number of H-pyrrole nitrogens is 1. The topological polar surface area (TPSA) is 126 Å². The largest absolute Gasteiger partial charge is 0.477 e. The van der Waals surface area contributed by atoms with E-state index in [2.05, 4.69) is 9.72 Å². The Hall–Kier alpha value is -3.23. The fourth-order valence-corrected chi connectivity index (χ4v) is 2.05. The Bertz CT molecular complexity index is 826. The van der Waals surface area contributed by atoms with E-state index >= 15 is 0 Å². The Morgan fingerprint density at radius 1 is 1.39 bits per heavy atom. The fraction of sp³-hybridized carbons (Fsp3) is 0.214. The monoisotopic (exact) mass is 320 g/mol. The minimum Gasteiger partial charge on any atom is -0.477 e. The maximum atomic E-state index is 11.9. The zero-order valence-electron chi connectivity index (χ0n) is 12.4. The van der Waals surface area contributed by atoms with E-state index in [1.54, 1.807) is 12.1 Å². The summed E-state index contributed by atoms with van der Waals surface area (Å²) in [6.45, 7) is 0. The number of benzene rings is 1. The summed E-state index contributed by atoms with van der Waals surface area (Å²) in [6.07, 6.45) is 0.207. The summed E-state index contributed by atoms with van der Waals surface area (Å²) in [7, 11) is 2.57. The van der Waals surface area contributed by atoms with Crippen molar-refractivity contribution in [3.63, 3.8) is 0 Å². The number of hydrogen-bond acceptors (Lipinski definition) is 6. The molecule has 120 valence electrons. The van der Waals surface area contributed by atoms with Crippen molar-refractivity contribution in [3.8, 4) is 5.88 Å². The Kier molecular flexibility index (Phi) is 4.39. The van der Waals surface area contributed by atoms with Crippen LogP contribution in [0.3, 0.4) is 0 Å². The van der Waals surface area contributed by atoms with Crippen molar-refractivity contribution in [2.75, 3.05) is 7.11 Å². The number of carbonyl (C=O) groups is 1. The van der Waals surface area contributed by atoms with Crippen LogP contribution in [0.15, 0.2) is 29.1 Å². The molecule has 9 nitrogen and oxygen atoms in total. The van der Waals surface area contributed by atoms with Gasteiger partial charge in [-0.2, -0.15) is 0 Å². The van der Waals surface area contributed by atoms with E-state index in [1.807, 2.05) is 0 Å². The molecule has 0 radical (unpaired) electrons. The molecule has 2 aromatic rings. The number of nitro benzene ring substituents is 1. The summed E-state index contributed by atoms with van der Waals surface area (Å²) in [5, 5.41) is 20.6. The summed E-state index contributed by atoms with van der Waals surface area (Å²) in [4.78, 5) is 36.0. The minimum absolute atomic E-state index is 0.0458. The average Bonchev–Trinajstić information content (AvgIpc) is 2.52. The van der Waals surface area contributed by atoms with Crippen LogP contribution in [0.25, 0.3) is 0 Å². The molecule has 0 aliphatic rings. The van der Waals surface area contributed by atoms with Crippen LogP contribution in [-0.2, 0) is 18.2 Å². The number of nitrogens with zero attached hydrogens (tertiary/aromatic N) is 2. The third-order valence-corrected chi connectivity index (χ3v) is 3.34. The number of hydrogen-bond donors (Lipinski definition) is 2. The van der Waals surface area contributed by atoms with E-state index in [0.29, 0.717) is 11.4 Å². The van der Waals surface area contributed by atoms with Gasteiger partial charge in [0, 0.05) is 12.1 Å². The van der Waals surface area contributed by atoms with Crippen molar-refractivity contribution < 1.29 is 24.1 Å². The number of aromatic nitrogens is 2. The number of esters is 1. The molecule has 0 aliphatic heterocycles. The Morgan fingerprint density at radius 2 is 2.00 bits per heavy atom. The van der Waals surface area contributed by atoms with Gasteiger partial charge in [-0.25, -0.2) is 19.1 Å². The highest BCUT2D eigenvalue weighted by Gasteiger charge is 2.27. The van der Waals surface area contributed by atoms with Gasteiger partial charge in [0.25, 0.3) is 11.5 Å². The van der Waals surface area contributed by atoms with Gasteiger partial charge in [0.2, 0.25) is 5.56 Å². The molecule has 0 bridgehead atoms. The van der Waals surface area contributed by atoms with Crippen molar-refractivity contribution in [3.05, 3.63) is 61.7 Å². The normalized spacial score (nSPS) is 10.3. The summed E-state index contributed by atoms with van der Waals surface area (Å²) >= 11 is 0. The zero-order valence-corrected chi connectivity index (χ0v) is 12.4. The first-order valence-electron chi connectivity index (χ1n) is 6.51. The number of ether oxygens (including phenoxy) is 1. The van der Waals surface area contributed by atoms with Crippen LogP contribution in [0.2, 0.25) is 0 Å². The first kappa shape index (κ1) is 16.1. The molecule has 2 N–H and O–H groups in total. The number of methoxy groups -OCH3 is 1. The van der Waals surface area contributed by atoms with Crippen molar-refractivity contribution in [2.24, 2.45) is 7.05 Å². The van der Waals surface area contributed by atoms with E-state index in [9.17, 15) is 24.8 Å². The number of non-ortho nitro benzene ring substituents is 1. The number of aromatic hydroxyl groups is 1. The van der Waals surface area contributed by atoms with Crippen LogP contribution < -0.4 is 10.1 Å². The van der Waals surface area contributed by atoms with Crippen molar-refractivity contribution in [1.29, 1.82) is 0 Å². The van der Waals surface area contributed by atoms with Crippen LogP contribution in [0.5, 0.6) is 5.88 Å². The molecule has 2 rings (SSSR count). The lowest BCUT2D eigenvalue weighted by Crippen LogP contribution is -2.41. The van der Waals surface area contributed by atoms with Gasteiger partial charge >= 0.3 is 17.4 Å². The van der Waals surface area contributed by atoms with Crippen LogP contribution in [-0.4, -0.2) is 28.1 Å². The molecule has 0 aliphatic carbocycles. The molecule has 1 aromatic heterocycles. The van der Waals surface area contributed by atoms with Crippen LogP contribution in [0, 0.1) is 10.1 Å². The summed E-state index contributed by atoms with van der Waals surface area (Å²) in [5.41, 5.74) is -0.616. The second-order valence-corrected chi connectivity index (χ2v) is 4.75. The van der Waals surface area contributed by atoms with Crippen LogP contribution >= 0.6 is 0 Å². The molecule has 0 amide bonds. The minimum atomic E-state index is -0.943. The smallest absolute Gasteiger partial charge is 0.354 e. The van der Waals surface area contributed by atoms with Gasteiger partial charge in [0.1, 0.15) is 0 Å². The molecule has 9 heteroatoms. The molecule has 0 atom stereocenters. The maximum Gasteiger partial charge on any atom is 0.354 e. The predicted octanol–water partition coefficient (Wildman–Crippen LogP) is 0.191. The fourth-order valence-electron chi connectivity index (χ4n) is 2.05. The van der Waals surface area contributed by atoms with Gasteiger partial charge in [-0.1, -0.05) is 12.1 Å². The molecule has 23 heavy (non-hydrogen) atoms. The highest BCUT2D eigenvalue weighted by atomic mass is 16.6. The second-order valence-electron chi connectivity index (χ2n) is 4.75. The molecule has 0 fully saturated rings. The predicted molar refractivity (Wildman–Crippen MR) is 77.1 cm³/mol. The van der Waals surface area contributed by atoms with Crippen molar-refractivity contribution in [2.45, 2.75) is 6.42 Å². The van der Waals surface area contributed by atoms with Gasteiger partial charge in [0.05, 0.1) is 25.5 Å². The Morgan fingerprint density at radius 3 is 2.52 bits per heavy atom. The van der Waals surface area contributed by atoms with Gasteiger partial charge in [-0.05, 0) is 5.56 Å². The molecule has 0 unspecified atom stereocenters. The van der Waals surface area contributed by atoms with Crippen LogP contribution in [0.4, 0.5) is 5.69 Å². The second kappa shape index (κ2) is 6.26. The molecular formula is C14H14N3O6+. The SMILES string of the molecule is COC(=O)c1c(O)[n+](C)c(Cc2ccc([N+](=O)[O-])cc2)[nH]c1=O. The Balaban J connectivity index is 2.39. The lowest BCUT2D eigenvalue weighted by atomic mass is 10.1. The first-order chi connectivity index (χ1) is 10.8. The number of nitrogens with one attached hydrogen (secondary N) is 1. The van der Waals surface area contributed by atoms with Gasteiger partial charge < -0.3 is 9.84 Å². The van der Waals surface area contributed by atoms with Crippen molar-refractivity contribution in [1.82, 2.24) is 4.98 Å². The van der Waals surface area contributed by atoms with E-state index in [0.717, 1.165) is 7.11 Å². The van der Waals surface area contributed by atoms with Gasteiger partial charge in [0.15, 0.2) is 0 Å². The third-order valence-electron chi connectivity index (χ3n) is 3.34. The maximum absolute atomic E-state index is 11.9. The Labute approximate surface area is 129 Å². The van der Waals surface area contributed by atoms with Crippen LogP contribution in [0.1, 0.15) is 21.7 Å². The number of nitro groups is 1. The van der Waals surface area contributed by atoms with E-state index in [4.69, 9.17) is 0 Å². The summed E-state index contributed by atoms with van der Waals surface area (Å²) < 4.78 is 5.70. The average molecular weight is 320 g/mol. The molecule has 1 heterocycles. The van der Waals surface area contributed by atoms with Gasteiger partial charge in [-0.15, -0.1) is 0 Å². The lowest BCUT2D eigenvalue weighted by molar-refractivity contribution is -0.688. The molecule has 1 aromatic carbocycles. The summed E-state index contributed by atoms with van der Waals surface area (Å²) in [6, 6.07) is 5.77. The molecule has 0 spiro atoms. The van der Waals surface area contributed by atoms with Crippen molar-refractivity contribution >= 4 is 11.7 Å². The molecular weight excluding hydrogens is 306 g/mol. The first-order valence-corrected chi connectivity index (χ1v) is 6.51. The molecule has 0 saturated heterocycles. The zero-order chi connectivity index (χ0) is 17.1. The quantitative estimate of drug-likeness (QED) is 0.358. The van der Waals surface area contributed by atoms with E-state index in [-0.39, 0.29) is 12.1 Å². The van der Waals surface area contributed by atoms with E-state index in [1.165, 1.54) is 23.7 Å². The number of carbonyl (C=O) groups excluding carboxylic acids is 1. The standard InChI is InChI=1S/C14H13N3O6/c1-16-10(7-8-3-5-9(6-4-8)17(21)22)15-12(18)11(13(16)19)14(20)23-2/h3-6H,7H2,1-2H3,(H,18,19,20)/p+1. The lowest BCUT2D eigenvalue weighted by Gasteiger charge is -2.05. The summed E-state index contributed by atoms with van der Waals surface area (Å²) in [5.74, 6) is -1.13. The highest BCUT2D eigenvalue weighted by Crippen LogP contribution is 2.14. The highest BCUT2D eigenvalue weighted by molar-refractivity contribution is 5.90. The van der Waals surface area contributed by atoms with E-state index < -0.39 is 27.9 Å². The number of rotatable bonds is 4.